The van der Waals surface area contributed by atoms with Crippen LogP contribution in [0.1, 0.15) is 46.5 Å². The average Bonchev–Trinajstić information content (AvgIpc) is 2.72. The minimum absolute atomic E-state index is 0.115. The molecule has 6 nitrogen and oxygen atoms in total. The van der Waals surface area contributed by atoms with E-state index in [0.29, 0.717) is 13.1 Å². The Morgan fingerprint density at radius 2 is 2.09 bits per heavy atom. The van der Waals surface area contributed by atoms with Crippen LogP contribution in [-0.2, 0) is 4.79 Å². The molecule has 2 heterocycles. The summed E-state index contributed by atoms with van der Waals surface area (Å²) in [4.78, 5) is 25.6. The molecule has 0 saturated carbocycles. The molecule has 22 heavy (non-hydrogen) atoms. The lowest BCUT2D eigenvalue weighted by Crippen LogP contribution is -2.58. The Bertz CT molecular complexity index is 422. The standard InChI is InChI=1S/C15H27N3O3S/c1-4-5-8-18-13(19)12(11(2)3)16-15(18)6-9-17(10-7-15)22-14(20)21/h11-12,16H,4-10H2,1-3H3,(H,20,21). The van der Waals surface area contributed by atoms with Crippen LogP contribution < -0.4 is 5.32 Å². The zero-order valence-corrected chi connectivity index (χ0v) is 14.5. The van der Waals surface area contributed by atoms with E-state index < -0.39 is 5.30 Å². The Hall–Kier alpha value is -0.790. The molecule has 1 unspecified atom stereocenters. The molecular weight excluding hydrogens is 302 g/mol. The van der Waals surface area contributed by atoms with Crippen molar-refractivity contribution >= 4 is 23.2 Å². The van der Waals surface area contributed by atoms with E-state index in [1.54, 1.807) is 0 Å². The van der Waals surface area contributed by atoms with Gasteiger partial charge in [0.1, 0.15) is 0 Å². The minimum atomic E-state index is -0.866. The van der Waals surface area contributed by atoms with Gasteiger partial charge >= 0.3 is 5.30 Å². The number of hydrogen-bond donors (Lipinski definition) is 2. The quantitative estimate of drug-likeness (QED) is 0.755. The van der Waals surface area contributed by atoms with Gasteiger partial charge in [0.15, 0.2) is 0 Å². The van der Waals surface area contributed by atoms with E-state index in [-0.39, 0.29) is 23.5 Å². The van der Waals surface area contributed by atoms with Gasteiger partial charge in [0.05, 0.1) is 11.7 Å². The van der Waals surface area contributed by atoms with Gasteiger partial charge in [-0.3, -0.25) is 10.1 Å². The fourth-order valence-corrected chi connectivity index (χ4v) is 3.96. The summed E-state index contributed by atoms with van der Waals surface area (Å²) in [5, 5.41) is 11.6. The first-order chi connectivity index (χ1) is 10.4. The van der Waals surface area contributed by atoms with Crippen LogP contribution in [0.5, 0.6) is 0 Å². The van der Waals surface area contributed by atoms with Crippen molar-refractivity contribution in [2.45, 2.75) is 58.2 Å². The van der Waals surface area contributed by atoms with Gasteiger partial charge in [0.25, 0.3) is 0 Å². The number of carbonyl (C=O) groups is 2. The van der Waals surface area contributed by atoms with Crippen LogP contribution in [0.15, 0.2) is 0 Å². The third-order valence-corrected chi connectivity index (χ3v) is 5.41. The van der Waals surface area contributed by atoms with E-state index >= 15 is 0 Å². The molecule has 2 fully saturated rings. The number of nitrogens with zero attached hydrogens (tertiary/aromatic N) is 2. The predicted octanol–water partition coefficient (Wildman–Crippen LogP) is 2.36. The fraction of sp³-hybridized carbons (Fsp3) is 0.867. The van der Waals surface area contributed by atoms with Crippen LogP contribution >= 0.6 is 11.9 Å². The molecule has 1 spiro atoms. The van der Waals surface area contributed by atoms with Gasteiger partial charge in [0, 0.05) is 31.6 Å². The maximum absolute atomic E-state index is 12.7. The Balaban J connectivity index is 2.09. The lowest BCUT2D eigenvalue weighted by atomic mass is 9.96. The number of unbranched alkanes of at least 4 members (excludes halogenated alkanes) is 1. The normalized spacial score (nSPS) is 25.4. The van der Waals surface area contributed by atoms with Crippen LogP contribution in [0.3, 0.4) is 0 Å². The average molecular weight is 329 g/mol. The van der Waals surface area contributed by atoms with E-state index in [1.165, 1.54) is 0 Å². The van der Waals surface area contributed by atoms with E-state index in [4.69, 9.17) is 5.11 Å². The minimum Gasteiger partial charge on any atom is -0.472 e. The second-order valence-corrected chi connectivity index (χ2v) is 7.58. The molecule has 1 atom stereocenters. The van der Waals surface area contributed by atoms with E-state index in [2.05, 4.69) is 26.1 Å². The van der Waals surface area contributed by atoms with Crippen molar-refractivity contribution < 1.29 is 14.7 Å². The number of carbonyl (C=O) groups excluding carboxylic acids is 1. The lowest BCUT2D eigenvalue weighted by molar-refractivity contribution is -0.133. The SMILES string of the molecule is CCCCN1C(=O)C(C(C)C)NC12CCN(SC(=O)O)CC2. The maximum atomic E-state index is 12.7. The summed E-state index contributed by atoms with van der Waals surface area (Å²) >= 11 is 0.863. The molecule has 2 N–H and O–H groups in total. The Kier molecular flexibility index (Phi) is 5.74. The second kappa shape index (κ2) is 7.19. The monoisotopic (exact) mass is 329 g/mol. The molecule has 7 heteroatoms. The number of hydrogen-bond acceptors (Lipinski definition) is 5. The van der Waals surface area contributed by atoms with Crippen LogP contribution in [0.2, 0.25) is 0 Å². The Labute approximate surface area is 136 Å². The van der Waals surface area contributed by atoms with Crippen molar-refractivity contribution in [1.29, 1.82) is 0 Å². The van der Waals surface area contributed by atoms with E-state index in [9.17, 15) is 9.59 Å². The van der Waals surface area contributed by atoms with Crippen molar-refractivity contribution in [2.75, 3.05) is 19.6 Å². The van der Waals surface area contributed by atoms with E-state index in [0.717, 1.165) is 44.2 Å². The number of piperidine rings is 1. The third-order valence-electron chi connectivity index (χ3n) is 4.63. The molecular formula is C15H27N3O3S. The van der Waals surface area contributed by atoms with Gasteiger partial charge in [-0.1, -0.05) is 27.2 Å². The molecule has 2 aliphatic heterocycles. The highest BCUT2D eigenvalue weighted by atomic mass is 32.2. The summed E-state index contributed by atoms with van der Waals surface area (Å²) < 4.78 is 1.88. The molecule has 126 valence electrons. The lowest BCUT2D eigenvalue weighted by Gasteiger charge is -2.44. The summed E-state index contributed by atoms with van der Waals surface area (Å²) in [6.07, 6.45) is 3.64. The van der Waals surface area contributed by atoms with Crippen molar-refractivity contribution in [3.05, 3.63) is 0 Å². The first-order valence-electron chi connectivity index (χ1n) is 8.14. The van der Waals surface area contributed by atoms with Gasteiger partial charge in [-0.2, -0.15) is 0 Å². The van der Waals surface area contributed by atoms with Crippen molar-refractivity contribution in [3.8, 4) is 0 Å². The first-order valence-corrected chi connectivity index (χ1v) is 8.92. The maximum Gasteiger partial charge on any atom is 0.380 e. The first kappa shape index (κ1) is 17.6. The van der Waals surface area contributed by atoms with Crippen LogP contribution in [0.25, 0.3) is 0 Å². The highest BCUT2D eigenvalue weighted by Gasteiger charge is 2.51. The van der Waals surface area contributed by atoms with Crippen molar-refractivity contribution in [3.63, 3.8) is 0 Å². The molecule has 0 aromatic heterocycles. The Morgan fingerprint density at radius 1 is 1.45 bits per heavy atom. The zero-order valence-electron chi connectivity index (χ0n) is 13.7. The van der Waals surface area contributed by atoms with Crippen molar-refractivity contribution in [2.24, 2.45) is 5.92 Å². The number of amides is 1. The largest absolute Gasteiger partial charge is 0.472 e. The van der Waals surface area contributed by atoms with Crippen LogP contribution in [0.4, 0.5) is 4.79 Å². The van der Waals surface area contributed by atoms with Gasteiger partial charge in [-0.25, -0.2) is 9.10 Å². The summed E-state index contributed by atoms with van der Waals surface area (Å²) in [6.45, 7) is 8.43. The smallest absolute Gasteiger partial charge is 0.380 e. The van der Waals surface area contributed by atoms with Crippen molar-refractivity contribution in [1.82, 2.24) is 14.5 Å². The number of rotatable bonds is 5. The van der Waals surface area contributed by atoms with Gasteiger partial charge in [-0.15, -0.1) is 0 Å². The second-order valence-electron chi connectivity index (χ2n) is 6.53. The molecule has 2 aliphatic rings. The predicted molar refractivity (Wildman–Crippen MR) is 87.5 cm³/mol. The molecule has 2 rings (SSSR count). The fourth-order valence-electron chi connectivity index (χ4n) is 3.37. The van der Waals surface area contributed by atoms with Crippen LogP contribution in [0, 0.1) is 5.92 Å². The third kappa shape index (κ3) is 3.58. The van der Waals surface area contributed by atoms with Gasteiger partial charge < -0.3 is 10.0 Å². The summed E-state index contributed by atoms with van der Waals surface area (Å²) in [7, 11) is 0. The molecule has 1 amide bonds. The highest BCUT2D eigenvalue weighted by molar-refractivity contribution is 8.11. The van der Waals surface area contributed by atoms with Gasteiger partial charge in [0.2, 0.25) is 5.91 Å². The zero-order chi connectivity index (χ0) is 16.3. The molecule has 0 aromatic carbocycles. The molecule has 0 bridgehead atoms. The number of nitrogens with one attached hydrogen (secondary N) is 1. The molecule has 0 radical (unpaired) electrons. The highest BCUT2D eigenvalue weighted by Crippen LogP contribution is 2.36. The topological polar surface area (TPSA) is 72.9 Å². The van der Waals surface area contributed by atoms with Gasteiger partial charge in [-0.05, 0) is 25.2 Å². The molecule has 0 aliphatic carbocycles. The molecule has 2 saturated heterocycles. The molecule has 0 aromatic rings. The van der Waals surface area contributed by atoms with E-state index in [1.807, 2.05) is 9.21 Å². The number of carboxylic acid groups (broad SMARTS) is 1. The summed E-state index contributed by atoms with van der Waals surface area (Å²) in [5.74, 6) is 0.477. The summed E-state index contributed by atoms with van der Waals surface area (Å²) in [6, 6.07) is -0.115. The Morgan fingerprint density at radius 3 is 2.59 bits per heavy atom. The summed E-state index contributed by atoms with van der Waals surface area (Å²) in [5.41, 5.74) is -0.281. The van der Waals surface area contributed by atoms with Crippen LogP contribution in [-0.4, -0.2) is 56.9 Å².